The van der Waals surface area contributed by atoms with E-state index < -0.39 is 0 Å². The van der Waals surface area contributed by atoms with Crippen LogP contribution >= 0.6 is 27.7 Å². The number of methoxy groups -OCH3 is 1. The summed E-state index contributed by atoms with van der Waals surface area (Å²) >= 11 is 5.05. The summed E-state index contributed by atoms with van der Waals surface area (Å²) in [4.78, 5) is 17.3. The Labute approximate surface area is 140 Å². The number of aromatic nitrogens is 2. The molecule has 0 saturated heterocycles. The smallest absolute Gasteiger partial charge is 0.337 e. The van der Waals surface area contributed by atoms with Gasteiger partial charge in [-0.1, -0.05) is 6.07 Å². The van der Waals surface area contributed by atoms with Crippen LogP contribution < -0.4 is 0 Å². The number of hydrogen-bond donors (Lipinski definition) is 0. The van der Waals surface area contributed by atoms with Crippen molar-refractivity contribution >= 4 is 44.6 Å². The van der Waals surface area contributed by atoms with Gasteiger partial charge in [0.2, 0.25) is 0 Å². The van der Waals surface area contributed by atoms with Crippen LogP contribution in [0.1, 0.15) is 10.4 Å². The molecule has 0 amide bonds. The number of nitrogens with zero attached hydrogens (tertiary/aromatic N) is 2. The first-order chi connectivity index (χ1) is 10.6. The van der Waals surface area contributed by atoms with Gasteiger partial charge < -0.3 is 9.30 Å². The zero-order chi connectivity index (χ0) is 15.7. The van der Waals surface area contributed by atoms with Crippen LogP contribution in [-0.2, 0) is 4.74 Å². The summed E-state index contributed by atoms with van der Waals surface area (Å²) in [6.07, 6.45) is 5.82. The number of ether oxygens (including phenoxy) is 1. The third-order valence-electron chi connectivity index (χ3n) is 3.37. The Hall–Kier alpha value is -1.79. The maximum Gasteiger partial charge on any atom is 0.337 e. The topological polar surface area (TPSA) is 44.1 Å². The Morgan fingerprint density at radius 1 is 1.32 bits per heavy atom. The first-order valence-corrected chi connectivity index (χ1v) is 8.55. The van der Waals surface area contributed by atoms with Gasteiger partial charge in [-0.3, -0.25) is 0 Å². The van der Waals surface area contributed by atoms with Crippen LogP contribution in [0.5, 0.6) is 0 Å². The van der Waals surface area contributed by atoms with Crippen molar-refractivity contribution in [3.8, 4) is 5.82 Å². The molecule has 0 unspecified atom stereocenters. The molecule has 0 atom stereocenters. The Balaban J connectivity index is 2.24. The predicted molar refractivity (Wildman–Crippen MR) is 91.9 cm³/mol. The number of pyridine rings is 1. The van der Waals surface area contributed by atoms with E-state index in [4.69, 9.17) is 4.74 Å². The molecule has 2 heterocycles. The second kappa shape index (κ2) is 6.14. The maximum atomic E-state index is 11.8. The summed E-state index contributed by atoms with van der Waals surface area (Å²) < 4.78 is 7.71. The predicted octanol–water partition coefficient (Wildman–Crippen LogP) is 4.30. The van der Waals surface area contributed by atoms with Gasteiger partial charge in [-0.05, 0) is 46.5 Å². The lowest BCUT2D eigenvalue weighted by Crippen LogP contribution is -2.01. The van der Waals surface area contributed by atoms with Crippen molar-refractivity contribution in [2.45, 2.75) is 4.90 Å². The number of benzene rings is 1. The lowest BCUT2D eigenvalue weighted by Gasteiger charge is -2.05. The first-order valence-electron chi connectivity index (χ1n) is 6.53. The van der Waals surface area contributed by atoms with Gasteiger partial charge in [0.05, 0.1) is 18.2 Å². The lowest BCUT2D eigenvalue weighted by atomic mass is 10.1. The summed E-state index contributed by atoms with van der Waals surface area (Å²) in [6.45, 7) is 0. The van der Waals surface area contributed by atoms with Crippen molar-refractivity contribution in [2.24, 2.45) is 0 Å². The molecule has 3 rings (SSSR count). The van der Waals surface area contributed by atoms with Crippen molar-refractivity contribution in [2.75, 3.05) is 13.4 Å². The van der Waals surface area contributed by atoms with Crippen molar-refractivity contribution < 1.29 is 9.53 Å². The van der Waals surface area contributed by atoms with Crippen molar-refractivity contribution in [1.82, 2.24) is 9.55 Å². The van der Waals surface area contributed by atoms with Crippen LogP contribution in [0.3, 0.4) is 0 Å². The van der Waals surface area contributed by atoms with E-state index in [-0.39, 0.29) is 5.97 Å². The zero-order valence-electron chi connectivity index (χ0n) is 12.0. The van der Waals surface area contributed by atoms with E-state index in [2.05, 4.69) is 20.9 Å². The average molecular weight is 377 g/mol. The van der Waals surface area contributed by atoms with Crippen LogP contribution in [0.25, 0.3) is 16.7 Å². The second-order valence-electron chi connectivity index (χ2n) is 4.63. The molecule has 2 aromatic heterocycles. The van der Waals surface area contributed by atoms with E-state index in [9.17, 15) is 4.79 Å². The minimum atomic E-state index is -0.343. The summed E-state index contributed by atoms with van der Waals surface area (Å²) in [5.41, 5.74) is 1.46. The van der Waals surface area contributed by atoms with Gasteiger partial charge >= 0.3 is 5.97 Å². The quantitative estimate of drug-likeness (QED) is 0.504. The van der Waals surface area contributed by atoms with Crippen molar-refractivity contribution in [3.63, 3.8) is 0 Å². The Morgan fingerprint density at radius 3 is 2.77 bits per heavy atom. The van der Waals surface area contributed by atoms with Crippen LogP contribution in [0.15, 0.2) is 52.1 Å². The van der Waals surface area contributed by atoms with Crippen LogP contribution in [0, 0.1) is 0 Å². The molecular weight excluding hydrogens is 364 g/mol. The van der Waals surface area contributed by atoms with E-state index in [1.54, 1.807) is 24.0 Å². The largest absolute Gasteiger partial charge is 0.465 e. The summed E-state index contributed by atoms with van der Waals surface area (Å²) in [5, 5.41) is 1.09. The molecule has 0 aliphatic heterocycles. The number of esters is 1. The van der Waals surface area contributed by atoms with Gasteiger partial charge in [-0.15, -0.1) is 11.8 Å². The molecule has 1 aromatic carbocycles. The lowest BCUT2D eigenvalue weighted by molar-refractivity contribution is 0.0601. The fourth-order valence-electron chi connectivity index (χ4n) is 2.30. The number of halogens is 1. The van der Waals surface area contributed by atoms with E-state index in [1.165, 1.54) is 7.11 Å². The molecule has 3 aromatic rings. The van der Waals surface area contributed by atoms with Gasteiger partial charge in [-0.2, -0.15) is 0 Å². The number of hydrogen-bond acceptors (Lipinski definition) is 4. The standard InChI is InChI=1S/C16H13BrN2O2S/c1-21-16(20)10-3-5-12-13(7-10)19(9-14(12)22-2)15-6-4-11(17)8-18-15/h3-9H,1-2H3. The molecule has 0 radical (unpaired) electrons. The number of rotatable bonds is 3. The molecule has 0 N–H and O–H groups in total. The normalized spacial score (nSPS) is 10.9. The Morgan fingerprint density at radius 2 is 2.14 bits per heavy atom. The van der Waals surface area contributed by atoms with E-state index in [1.807, 2.05) is 41.3 Å². The van der Waals surface area contributed by atoms with Gasteiger partial charge in [0.1, 0.15) is 5.82 Å². The summed E-state index contributed by atoms with van der Waals surface area (Å²) in [6, 6.07) is 9.44. The molecule has 0 bridgehead atoms. The van der Waals surface area contributed by atoms with Gasteiger partial charge in [0.25, 0.3) is 0 Å². The fraction of sp³-hybridized carbons (Fsp3) is 0.125. The highest BCUT2D eigenvalue weighted by Gasteiger charge is 2.13. The molecular formula is C16H13BrN2O2S. The zero-order valence-corrected chi connectivity index (χ0v) is 14.4. The minimum absolute atomic E-state index is 0.343. The number of fused-ring (bicyclic) bond motifs is 1. The maximum absolute atomic E-state index is 11.8. The van der Waals surface area contributed by atoms with Crippen LogP contribution in [0.4, 0.5) is 0 Å². The molecule has 0 fully saturated rings. The first kappa shape index (κ1) is 15.1. The average Bonchev–Trinajstić information content (AvgIpc) is 2.92. The monoisotopic (exact) mass is 376 g/mol. The highest BCUT2D eigenvalue weighted by Crippen LogP contribution is 2.31. The molecule has 6 heteroatoms. The molecule has 0 aliphatic carbocycles. The van der Waals surface area contributed by atoms with Gasteiger partial charge in [0.15, 0.2) is 0 Å². The molecule has 0 aliphatic rings. The van der Waals surface area contributed by atoms with E-state index >= 15 is 0 Å². The molecule has 22 heavy (non-hydrogen) atoms. The van der Waals surface area contributed by atoms with E-state index in [0.717, 1.165) is 26.1 Å². The van der Waals surface area contributed by atoms with Gasteiger partial charge in [0, 0.05) is 27.1 Å². The minimum Gasteiger partial charge on any atom is -0.465 e. The molecule has 0 saturated carbocycles. The number of thioether (sulfide) groups is 1. The third-order valence-corrected chi connectivity index (χ3v) is 4.60. The van der Waals surface area contributed by atoms with Gasteiger partial charge in [-0.25, -0.2) is 9.78 Å². The summed E-state index contributed by atoms with van der Waals surface area (Å²) in [7, 11) is 1.38. The number of carbonyl (C=O) groups excluding carboxylic acids is 1. The second-order valence-corrected chi connectivity index (χ2v) is 6.39. The van der Waals surface area contributed by atoms with Crippen molar-refractivity contribution in [3.05, 3.63) is 52.8 Å². The van der Waals surface area contributed by atoms with Crippen LogP contribution in [-0.4, -0.2) is 28.9 Å². The van der Waals surface area contributed by atoms with Crippen LogP contribution in [0.2, 0.25) is 0 Å². The van der Waals surface area contributed by atoms with E-state index in [0.29, 0.717) is 5.56 Å². The summed E-state index contributed by atoms with van der Waals surface area (Å²) in [5.74, 6) is 0.458. The highest BCUT2D eigenvalue weighted by molar-refractivity contribution is 9.10. The Bertz CT molecular complexity index is 843. The molecule has 4 nitrogen and oxygen atoms in total. The fourth-order valence-corrected chi connectivity index (χ4v) is 3.14. The van der Waals surface area contributed by atoms with Crippen molar-refractivity contribution in [1.29, 1.82) is 0 Å². The molecule has 112 valence electrons. The molecule has 0 spiro atoms. The Kier molecular flexibility index (Phi) is 4.22. The third kappa shape index (κ3) is 2.64. The number of carbonyl (C=O) groups is 1. The highest BCUT2D eigenvalue weighted by atomic mass is 79.9. The SMILES string of the molecule is COC(=O)c1ccc2c(SC)cn(-c3ccc(Br)cn3)c2c1.